The molecule has 0 aromatic heterocycles. The zero-order valence-electron chi connectivity index (χ0n) is 12.8. The van der Waals surface area contributed by atoms with Gasteiger partial charge in [0.2, 0.25) is 5.91 Å². The summed E-state index contributed by atoms with van der Waals surface area (Å²) in [6.07, 6.45) is 2.29. The van der Waals surface area contributed by atoms with E-state index >= 15 is 0 Å². The molecule has 1 aromatic rings. The fraction of sp³-hybridized carbons (Fsp3) is 0.588. The fourth-order valence-electron chi connectivity index (χ4n) is 2.86. The first kappa shape index (κ1) is 15.0. The third-order valence-corrected chi connectivity index (χ3v) is 4.55. The molecule has 0 bridgehead atoms. The molecule has 3 nitrogen and oxygen atoms in total. The third kappa shape index (κ3) is 3.40. The smallest absolute Gasteiger partial charge is 0.226 e. The van der Waals surface area contributed by atoms with Crippen LogP contribution in [0.15, 0.2) is 30.3 Å². The van der Waals surface area contributed by atoms with Crippen LogP contribution in [-0.2, 0) is 4.79 Å². The molecule has 2 atom stereocenters. The predicted octanol–water partition coefficient (Wildman–Crippen LogP) is 2.89. The summed E-state index contributed by atoms with van der Waals surface area (Å²) >= 11 is 0. The van der Waals surface area contributed by atoms with E-state index in [0.717, 1.165) is 31.5 Å². The van der Waals surface area contributed by atoms with Crippen molar-refractivity contribution in [2.24, 2.45) is 11.3 Å². The number of hydrogen-bond donors (Lipinski definition) is 2. The summed E-state index contributed by atoms with van der Waals surface area (Å²) < 4.78 is 0. The van der Waals surface area contributed by atoms with Gasteiger partial charge in [0, 0.05) is 5.41 Å². The summed E-state index contributed by atoms with van der Waals surface area (Å²) in [6, 6.07) is 10.2. The lowest BCUT2D eigenvalue weighted by atomic mass is 9.74. The normalized spacial score (nSPS) is 21.2. The Labute approximate surface area is 122 Å². The molecular weight excluding hydrogens is 248 g/mol. The molecular formula is C17H26N2O. The molecule has 1 heterocycles. The van der Waals surface area contributed by atoms with E-state index in [1.165, 1.54) is 0 Å². The van der Waals surface area contributed by atoms with Crippen LogP contribution < -0.4 is 10.6 Å². The van der Waals surface area contributed by atoms with E-state index in [1.807, 2.05) is 25.1 Å². The van der Waals surface area contributed by atoms with Crippen molar-refractivity contribution in [3.63, 3.8) is 0 Å². The highest BCUT2D eigenvalue weighted by molar-refractivity contribution is 5.82. The Balaban J connectivity index is 1.99. The van der Waals surface area contributed by atoms with Gasteiger partial charge in [0.05, 0.1) is 6.04 Å². The number of amides is 1. The predicted molar refractivity (Wildman–Crippen MR) is 82.4 cm³/mol. The SMILES string of the molecule is C[C@@H](NC(=O)C(C)(C)C1CCCNC1)c1ccccc1. The van der Waals surface area contributed by atoms with E-state index in [4.69, 9.17) is 0 Å². The quantitative estimate of drug-likeness (QED) is 0.886. The van der Waals surface area contributed by atoms with Crippen LogP contribution in [0.25, 0.3) is 0 Å². The highest BCUT2D eigenvalue weighted by atomic mass is 16.2. The maximum Gasteiger partial charge on any atom is 0.226 e. The lowest BCUT2D eigenvalue weighted by Gasteiger charge is -2.36. The Kier molecular flexibility index (Phi) is 4.81. The van der Waals surface area contributed by atoms with Gasteiger partial charge in [-0.1, -0.05) is 44.2 Å². The third-order valence-electron chi connectivity index (χ3n) is 4.55. The molecule has 0 radical (unpaired) electrons. The van der Waals surface area contributed by atoms with E-state index in [1.54, 1.807) is 0 Å². The molecule has 3 heteroatoms. The standard InChI is InChI=1S/C17H26N2O/c1-13(14-8-5-4-6-9-14)19-16(20)17(2,3)15-10-7-11-18-12-15/h4-6,8-9,13,15,18H,7,10-12H2,1-3H3,(H,19,20)/t13-,15?/m1/s1. The molecule has 1 saturated heterocycles. The number of rotatable bonds is 4. The fourth-order valence-corrected chi connectivity index (χ4v) is 2.86. The van der Waals surface area contributed by atoms with Crippen molar-refractivity contribution in [3.05, 3.63) is 35.9 Å². The van der Waals surface area contributed by atoms with Gasteiger partial charge in [0.25, 0.3) is 0 Å². The minimum atomic E-state index is -0.323. The first-order valence-corrected chi connectivity index (χ1v) is 7.58. The van der Waals surface area contributed by atoms with Crippen molar-refractivity contribution in [1.29, 1.82) is 0 Å². The Hall–Kier alpha value is -1.35. The van der Waals surface area contributed by atoms with E-state index in [2.05, 4.69) is 36.6 Å². The van der Waals surface area contributed by atoms with Crippen LogP contribution in [-0.4, -0.2) is 19.0 Å². The molecule has 0 aliphatic carbocycles. The number of carbonyl (C=O) groups excluding carboxylic acids is 1. The van der Waals surface area contributed by atoms with Crippen molar-refractivity contribution < 1.29 is 4.79 Å². The average molecular weight is 274 g/mol. The van der Waals surface area contributed by atoms with Gasteiger partial charge in [-0.15, -0.1) is 0 Å². The van der Waals surface area contributed by atoms with Crippen molar-refractivity contribution in [3.8, 4) is 0 Å². The number of hydrogen-bond acceptors (Lipinski definition) is 2. The molecule has 20 heavy (non-hydrogen) atoms. The van der Waals surface area contributed by atoms with Crippen LogP contribution in [0.2, 0.25) is 0 Å². The zero-order valence-corrected chi connectivity index (χ0v) is 12.8. The van der Waals surface area contributed by atoms with Crippen LogP contribution in [0.5, 0.6) is 0 Å². The molecule has 1 aliphatic rings. The summed E-state index contributed by atoms with van der Waals surface area (Å²) in [5, 5.41) is 6.57. The lowest BCUT2D eigenvalue weighted by Crippen LogP contribution is -2.47. The van der Waals surface area contributed by atoms with Crippen LogP contribution >= 0.6 is 0 Å². The van der Waals surface area contributed by atoms with Crippen molar-refractivity contribution >= 4 is 5.91 Å². The molecule has 110 valence electrons. The minimum Gasteiger partial charge on any atom is -0.349 e. The molecule has 0 spiro atoms. The molecule has 1 unspecified atom stereocenters. The van der Waals surface area contributed by atoms with E-state index in [9.17, 15) is 4.79 Å². The second-order valence-corrected chi connectivity index (χ2v) is 6.37. The maximum atomic E-state index is 12.6. The Bertz CT molecular complexity index is 436. The summed E-state index contributed by atoms with van der Waals surface area (Å²) in [4.78, 5) is 12.6. The number of nitrogens with one attached hydrogen (secondary N) is 2. The highest BCUT2D eigenvalue weighted by Gasteiger charge is 2.37. The molecule has 2 N–H and O–H groups in total. The maximum absolute atomic E-state index is 12.6. The molecule has 1 amide bonds. The van der Waals surface area contributed by atoms with Gasteiger partial charge >= 0.3 is 0 Å². The van der Waals surface area contributed by atoms with E-state index in [-0.39, 0.29) is 17.4 Å². The molecule has 2 rings (SSSR count). The second kappa shape index (κ2) is 6.40. The first-order valence-electron chi connectivity index (χ1n) is 7.58. The van der Waals surface area contributed by atoms with Gasteiger partial charge in [0.1, 0.15) is 0 Å². The second-order valence-electron chi connectivity index (χ2n) is 6.37. The topological polar surface area (TPSA) is 41.1 Å². The van der Waals surface area contributed by atoms with Gasteiger partial charge in [-0.2, -0.15) is 0 Å². The zero-order chi connectivity index (χ0) is 14.6. The summed E-state index contributed by atoms with van der Waals surface area (Å²) in [6.45, 7) is 8.20. The molecule has 0 saturated carbocycles. The minimum absolute atomic E-state index is 0.0551. The summed E-state index contributed by atoms with van der Waals surface area (Å²) in [7, 11) is 0. The Morgan fingerprint density at radius 2 is 2.05 bits per heavy atom. The van der Waals surface area contributed by atoms with Gasteiger partial charge in [-0.3, -0.25) is 4.79 Å². The first-order chi connectivity index (χ1) is 9.51. The van der Waals surface area contributed by atoms with E-state index < -0.39 is 0 Å². The van der Waals surface area contributed by atoms with E-state index in [0.29, 0.717) is 5.92 Å². The van der Waals surface area contributed by atoms with Gasteiger partial charge in [-0.25, -0.2) is 0 Å². The number of carbonyl (C=O) groups is 1. The summed E-state index contributed by atoms with van der Waals surface area (Å²) in [5.74, 6) is 0.571. The van der Waals surface area contributed by atoms with Crippen LogP contribution in [0, 0.1) is 11.3 Å². The van der Waals surface area contributed by atoms with Gasteiger partial charge < -0.3 is 10.6 Å². The lowest BCUT2D eigenvalue weighted by molar-refractivity contribution is -0.133. The number of piperidine rings is 1. The highest BCUT2D eigenvalue weighted by Crippen LogP contribution is 2.32. The molecule has 1 aliphatic heterocycles. The van der Waals surface area contributed by atoms with Crippen LogP contribution in [0.4, 0.5) is 0 Å². The Morgan fingerprint density at radius 3 is 2.65 bits per heavy atom. The Morgan fingerprint density at radius 1 is 1.35 bits per heavy atom. The molecule has 1 aromatic carbocycles. The van der Waals surface area contributed by atoms with Crippen LogP contribution in [0.3, 0.4) is 0 Å². The monoisotopic (exact) mass is 274 g/mol. The van der Waals surface area contributed by atoms with Gasteiger partial charge in [0.15, 0.2) is 0 Å². The van der Waals surface area contributed by atoms with Crippen molar-refractivity contribution in [2.45, 2.75) is 39.7 Å². The van der Waals surface area contributed by atoms with Crippen molar-refractivity contribution in [2.75, 3.05) is 13.1 Å². The summed E-state index contributed by atoms with van der Waals surface area (Å²) in [5.41, 5.74) is 0.828. The van der Waals surface area contributed by atoms with Gasteiger partial charge in [-0.05, 0) is 44.3 Å². The van der Waals surface area contributed by atoms with Crippen LogP contribution in [0.1, 0.15) is 45.2 Å². The average Bonchev–Trinajstić information content (AvgIpc) is 2.49. The largest absolute Gasteiger partial charge is 0.349 e. The van der Waals surface area contributed by atoms with Crippen molar-refractivity contribution in [1.82, 2.24) is 10.6 Å². The molecule has 1 fully saturated rings. The number of benzene rings is 1.